The van der Waals surface area contributed by atoms with Crippen molar-refractivity contribution in [3.8, 4) is 11.5 Å². The van der Waals surface area contributed by atoms with E-state index in [1.807, 2.05) is 32.8 Å². The van der Waals surface area contributed by atoms with Gasteiger partial charge in [-0.05, 0) is 86.2 Å². The van der Waals surface area contributed by atoms with Crippen LogP contribution in [0.1, 0.15) is 46.0 Å². The van der Waals surface area contributed by atoms with E-state index >= 15 is 0 Å². The fourth-order valence-corrected chi connectivity index (χ4v) is 5.52. The Morgan fingerprint density at radius 1 is 1.13 bits per heavy atom. The number of carbonyl (C=O) groups excluding carboxylic acids is 1. The van der Waals surface area contributed by atoms with Gasteiger partial charge in [0.2, 0.25) is 6.79 Å². The second-order valence-corrected chi connectivity index (χ2v) is 10.8. The number of ether oxygens (including phenoxy) is 2. The monoisotopic (exact) mass is 610 g/mol. The Balaban J connectivity index is 0.000000442. The number of likely N-dealkylation sites (tertiary alicyclic amines) is 1. The summed E-state index contributed by atoms with van der Waals surface area (Å²) in [5.41, 5.74) is 7.54. The molecular weight excluding hydrogens is 575 g/mol. The standard InChI is InChI=1S/C20H23BrN6O2S.C3H5F.C2H6.CH2O/c1-26-5-2-12(3-6-26)4-7-27-19-17(18(22)23-10-24-19)25-20(27)30-16-9-15-14(8-13(16)21)28-11-29-15;4-3-1-2-3;2*1-2/h8-10,12H,2-7,11H2,1H3,(H2,22,23,24);3H,1-2H2;1-2H3;1H2. The molecule has 0 spiro atoms. The van der Waals surface area contributed by atoms with E-state index in [1.165, 1.54) is 19.2 Å². The molecule has 3 aromatic rings. The van der Waals surface area contributed by atoms with Gasteiger partial charge in [0, 0.05) is 15.9 Å². The first-order valence-corrected chi connectivity index (χ1v) is 14.4. The molecule has 2 N–H and O–H groups in total. The van der Waals surface area contributed by atoms with Crippen molar-refractivity contribution in [1.82, 2.24) is 24.4 Å². The number of alkyl halides is 1. The number of halogens is 2. The first kappa shape index (κ1) is 30.1. The van der Waals surface area contributed by atoms with Gasteiger partial charge in [-0.25, -0.2) is 19.3 Å². The first-order valence-electron chi connectivity index (χ1n) is 12.8. The number of nitrogen functional groups attached to an aromatic ring is 1. The summed E-state index contributed by atoms with van der Waals surface area (Å²) in [5, 5.41) is 0.852. The van der Waals surface area contributed by atoms with Gasteiger partial charge in [0.05, 0.1) is 0 Å². The van der Waals surface area contributed by atoms with Crippen LogP contribution in [0.15, 0.2) is 33.0 Å². The number of nitrogens with zero attached hydrogens (tertiary/aromatic N) is 5. The number of fused-ring (bicyclic) bond motifs is 2. The highest BCUT2D eigenvalue weighted by molar-refractivity contribution is 9.10. The lowest BCUT2D eigenvalue weighted by Gasteiger charge is -2.29. The van der Waals surface area contributed by atoms with E-state index in [2.05, 4.69) is 42.4 Å². The third-order valence-electron chi connectivity index (χ3n) is 6.26. The minimum Gasteiger partial charge on any atom is -0.454 e. The van der Waals surface area contributed by atoms with Gasteiger partial charge in [-0.1, -0.05) is 25.6 Å². The van der Waals surface area contributed by atoms with Crippen molar-refractivity contribution in [3.05, 3.63) is 22.9 Å². The molecule has 1 aromatic carbocycles. The Bertz CT molecular complexity index is 1190. The normalized spacial score (nSPS) is 16.6. The molecule has 9 nitrogen and oxygen atoms in total. The summed E-state index contributed by atoms with van der Waals surface area (Å²) in [6.07, 6.45) is 6.29. The van der Waals surface area contributed by atoms with Gasteiger partial charge in [0.1, 0.15) is 19.3 Å². The van der Waals surface area contributed by atoms with Gasteiger partial charge in [0.15, 0.2) is 33.6 Å². The first-order chi connectivity index (χ1) is 18.5. The fourth-order valence-electron chi connectivity index (χ4n) is 4.01. The number of imidazole rings is 1. The fraction of sp³-hybridized carbons (Fsp3) is 0.538. The van der Waals surface area contributed by atoms with E-state index in [9.17, 15) is 4.39 Å². The summed E-state index contributed by atoms with van der Waals surface area (Å²) >= 11 is 5.21. The molecule has 0 atom stereocenters. The third-order valence-corrected chi connectivity index (χ3v) is 8.23. The van der Waals surface area contributed by atoms with Crippen LogP contribution in [0.4, 0.5) is 10.2 Å². The summed E-state index contributed by atoms with van der Waals surface area (Å²) in [4.78, 5) is 24.8. The van der Waals surface area contributed by atoms with E-state index in [0.29, 0.717) is 17.3 Å². The predicted molar refractivity (Wildman–Crippen MR) is 152 cm³/mol. The lowest BCUT2D eigenvalue weighted by atomic mass is 9.94. The molecule has 0 radical (unpaired) electrons. The molecular formula is C26H36BrFN6O3S. The van der Waals surface area contributed by atoms with Crippen LogP contribution in [-0.4, -0.2) is 64.3 Å². The maximum Gasteiger partial charge on any atom is 0.231 e. The Morgan fingerprint density at radius 3 is 2.39 bits per heavy atom. The minimum atomic E-state index is -0.417. The average Bonchev–Trinajstić information content (AvgIpc) is 3.45. The zero-order chi connectivity index (χ0) is 27.7. The number of nitrogens with two attached hydrogens (primary N) is 1. The van der Waals surface area contributed by atoms with Crippen molar-refractivity contribution in [1.29, 1.82) is 0 Å². The summed E-state index contributed by atoms with van der Waals surface area (Å²) in [5.74, 6) is 2.61. The molecule has 0 bridgehead atoms. The third kappa shape index (κ3) is 7.79. The maximum atomic E-state index is 11.1. The topological polar surface area (TPSA) is 108 Å². The van der Waals surface area contributed by atoms with Crippen LogP contribution in [0.5, 0.6) is 11.5 Å². The number of anilines is 1. The van der Waals surface area contributed by atoms with Crippen molar-refractivity contribution >= 4 is 51.5 Å². The molecule has 6 rings (SSSR count). The number of aryl methyl sites for hydroxylation is 1. The number of aromatic nitrogens is 4. The smallest absolute Gasteiger partial charge is 0.231 e. The lowest BCUT2D eigenvalue weighted by Crippen LogP contribution is -2.30. The largest absolute Gasteiger partial charge is 0.454 e. The van der Waals surface area contributed by atoms with Gasteiger partial charge in [0.25, 0.3) is 0 Å². The second-order valence-electron chi connectivity index (χ2n) is 8.93. The van der Waals surface area contributed by atoms with Crippen LogP contribution in [-0.2, 0) is 11.3 Å². The second kappa shape index (κ2) is 14.6. The maximum absolute atomic E-state index is 11.1. The van der Waals surface area contributed by atoms with Gasteiger partial charge in [-0.15, -0.1) is 0 Å². The average molecular weight is 612 g/mol. The molecule has 2 aromatic heterocycles. The van der Waals surface area contributed by atoms with Crippen molar-refractivity contribution in [2.24, 2.45) is 5.92 Å². The van der Waals surface area contributed by atoms with Crippen LogP contribution in [0.25, 0.3) is 11.2 Å². The van der Waals surface area contributed by atoms with E-state index in [-0.39, 0.29) is 6.79 Å². The van der Waals surface area contributed by atoms with Gasteiger partial charge < -0.3 is 29.5 Å². The Labute approximate surface area is 235 Å². The molecule has 2 fully saturated rings. The summed E-state index contributed by atoms with van der Waals surface area (Å²) in [6.45, 7) is 9.43. The zero-order valence-electron chi connectivity index (χ0n) is 22.2. The van der Waals surface area contributed by atoms with Crippen LogP contribution < -0.4 is 15.2 Å². The summed E-state index contributed by atoms with van der Waals surface area (Å²) < 4.78 is 25.2. The summed E-state index contributed by atoms with van der Waals surface area (Å²) in [7, 11) is 2.19. The molecule has 2 aliphatic heterocycles. The quantitative estimate of drug-likeness (QED) is 0.386. The van der Waals surface area contributed by atoms with Crippen LogP contribution in [0, 0.1) is 5.92 Å². The van der Waals surface area contributed by atoms with Gasteiger partial charge >= 0.3 is 0 Å². The van der Waals surface area contributed by atoms with Crippen LogP contribution >= 0.6 is 27.7 Å². The SMILES string of the molecule is C=O.CC.CN1CCC(CCn2c(Sc3cc4c(cc3Br)OCO4)nc3c(N)ncnc32)CC1.FC1CC1. The molecule has 38 heavy (non-hydrogen) atoms. The molecule has 0 amide bonds. The lowest BCUT2D eigenvalue weighted by molar-refractivity contribution is -0.0980. The summed E-state index contributed by atoms with van der Waals surface area (Å²) in [6, 6.07) is 3.91. The van der Waals surface area contributed by atoms with E-state index in [4.69, 9.17) is 25.0 Å². The van der Waals surface area contributed by atoms with E-state index in [0.717, 1.165) is 70.6 Å². The van der Waals surface area contributed by atoms with Crippen molar-refractivity contribution in [3.63, 3.8) is 0 Å². The number of rotatable bonds is 5. The highest BCUT2D eigenvalue weighted by atomic mass is 79.9. The minimum absolute atomic E-state index is 0.247. The molecule has 12 heteroatoms. The van der Waals surface area contributed by atoms with Gasteiger partial charge in [-0.3, -0.25) is 0 Å². The van der Waals surface area contributed by atoms with Gasteiger partial charge in [-0.2, -0.15) is 0 Å². The molecule has 208 valence electrons. The van der Waals surface area contributed by atoms with Crippen LogP contribution in [0.2, 0.25) is 0 Å². The molecule has 4 heterocycles. The van der Waals surface area contributed by atoms with Crippen molar-refractivity contribution in [2.75, 3.05) is 32.7 Å². The molecule has 1 aliphatic carbocycles. The molecule has 0 unspecified atom stereocenters. The van der Waals surface area contributed by atoms with Crippen molar-refractivity contribution in [2.45, 2.75) is 68.7 Å². The van der Waals surface area contributed by atoms with E-state index in [1.54, 1.807) is 11.8 Å². The Kier molecular flexibility index (Phi) is 11.6. The molecule has 3 aliphatic rings. The Morgan fingerprint density at radius 2 is 1.76 bits per heavy atom. The molecule has 1 saturated heterocycles. The number of hydrogen-bond donors (Lipinski definition) is 1. The zero-order valence-corrected chi connectivity index (χ0v) is 24.6. The number of benzene rings is 1. The highest BCUT2D eigenvalue weighted by Gasteiger charge is 2.22. The number of hydrogen-bond acceptors (Lipinski definition) is 9. The number of carbonyl (C=O) groups is 1. The highest BCUT2D eigenvalue weighted by Crippen LogP contribution is 2.43. The number of piperidine rings is 1. The molecule has 1 saturated carbocycles. The predicted octanol–water partition coefficient (Wildman–Crippen LogP) is 5.74. The van der Waals surface area contributed by atoms with Crippen molar-refractivity contribution < 1.29 is 18.7 Å². The van der Waals surface area contributed by atoms with Crippen LogP contribution in [0.3, 0.4) is 0 Å². The van der Waals surface area contributed by atoms with E-state index < -0.39 is 6.17 Å². The Hall–Kier alpha value is -2.44.